The zero-order chi connectivity index (χ0) is 18.8. The molecule has 2 aromatic carbocycles. The Bertz CT molecular complexity index is 1090. The number of hydrogen-bond acceptors (Lipinski definition) is 4. The van der Waals surface area contributed by atoms with Crippen molar-refractivity contribution in [2.45, 2.75) is 25.8 Å². The summed E-state index contributed by atoms with van der Waals surface area (Å²) >= 11 is 0. The van der Waals surface area contributed by atoms with Gasteiger partial charge in [-0.1, -0.05) is 24.3 Å². The summed E-state index contributed by atoms with van der Waals surface area (Å²) in [4.78, 5) is 19.9. The molecular formula is C21H19FN4O. The second-order valence-corrected chi connectivity index (χ2v) is 6.75. The highest BCUT2D eigenvalue weighted by molar-refractivity contribution is 5.79. The quantitative estimate of drug-likeness (QED) is 0.716. The van der Waals surface area contributed by atoms with Crippen LogP contribution in [-0.4, -0.2) is 22.6 Å². The number of halogens is 1. The van der Waals surface area contributed by atoms with Crippen molar-refractivity contribution in [3.63, 3.8) is 0 Å². The number of rotatable bonds is 3. The lowest BCUT2D eigenvalue weighted by Crippen LogP contribution is -2.37. The summed E-state index contributed by atoms with van der Waals surface area (Å²) in [5, 5.41) is 9.37. The Balaban J connectivity index is 1.93. The lowest BCUT2D eigenvalue weighted by Gasteiger charge is -2.30. The van der Waals surface area contributed by atoms with Crippen LogP contribution in [0.2, 0.25) is 0 Å². The van der Waals surface area contributed by atoms with Gasteiger partial charge in [-0.05, 0) is 43.0 Å². The molecule has 0 spiro atoms. The van der Waals surface area contributed by atoms with E-state index in [-0.39, 0.29) is 11.9 Å². The highest BCUT2D eigenvalue weighted by Gasteiger charge is 2.21. The maximum absolute atomic E-state index is 14.4. The van der Waals surface area contributed by atoms with Gasteiger partial charge in [0.15, 0.2) is 0 Å². The van der Waals surface area contributed by atoms with Crippen LogP contribution in [-0.2, 0) is 6.54 Å². The van der Waals surface area contributed by atoms with E-state index in [1.165, 1.54) is 10.6 Å². The van der Waals surface area contributed by atoms with Crippen molar-refractivity contribution >= 4 is 16.9 Å². The van der Waals surface area contributed by atoms with Crippen LogP contribution in [0.15, 0.2) is 47.3 Å². The van der Waals surface area contributed by atoms with Crippen molar-refractivity contribution in [1.82, 2.24) is 9.55 Å². The molecule has 27 heavy (non-hydrogen) atoms. The van der Waals surface area contributed by atoms with Crippen molar-refractivity contribution in [2.75, 3.05) is 18.0 Å². The van der Waals surface area contributed by atoms with E-state index in [1.807, 2.05) is 12.1 Å². The van der Waals surface area contributed by atoms with Gasteiger partial charge in [-0.2, -0.15) is 5.26 Å². The van der Waals surface area contributed by atoms with Crippen molar-refractivity contribution in [3.8, 4) is 6.07 Å². The average Bonchev–Trinajstić information content (AvgIpc) is 2.71. The normalized spacial score (nSPS) is 14.3. The minimum absolute atomic E-state index is 0.00676. The third-order valence-corrected chi connectivity index (χ3v) is 5.02. The molecule has 0 bridgehead atoms. The van der Waals surface area contributed by atoms with Crippen LogP contribution < -0.4 is 10.5 Å². The zero-order valence-electron chi connectivity index (χ0n) is 14.9. The van der Waals surface area contributed by atoms with Gasteiger partial charge >= 0.3 is 0 Å². The summed E-state index contributed by atoms with van der Waals surface area (Å²) in [5.74, 6) is -0.0249. The number of benzene rings is 2. The summed E-state index contributed by atoms with van der Waals surface area (Å²) in [7, 11) is 0. The van der Waals surface area contributed by atoms with E-state index in [1.54, 1.807) is 24.3 Å². The van der Waals surface area contributed by atoms with Crippen molar-refractivity contribution in [2.24, 2.45) is 0 Å². The zero-order valence-corrected chi connectivity index (χ0v) is 14.9. The maximum Gasteiger partial charge on any atom is 0.266 e. The third kappa shape index (κ3) is 3.17. The van der Waals surface area contributed by atoms with Crippen LogP contribution in [0.1, 0.15) is 30.4 Å². The van der Waals surface area contributed by atoms with Crippen LogP contribution in [0, 0.1) is 17.1 Å². The molecule has 1 aliphatic heterocycles. The number of aromatic nitrogens is 2. The lowest BCUT2D eigenvalue weighted by molar-refractivity contribution is 0.552. The Morgan fingerprint density at radius 1 is 1.07 bits per heavy atom. The molecule has 1 aliphatic rings. The molecule has 0 radical (unpaired) electrons. The summed E-state index contributed by atoms with van der Waals surface area (Å²) in [6.45, 7) is 1.81. The molecule has 0 saturated carbocycles. The van der Waals surface area contributed by atoms with Gasteiger partial charge in [0.1, 0.15) is 11.2 Å². The van der Waals surface area contributed by atoms with Crippen molar-refractivity contribution in [1.29, 1.82) is 5.26 Å². The highest BCUT2D eigenvalue weighted by Crippen LogP contribution is 2.22. The summed E-state index contributed by atoms with van der Waals surface area (Å²) < 4.78 is 15.9. The van der Waals surface area contributed by atoms with Gasteiger partial charge in [-0.25, -0.2) is 9.37 Å². The molecule has 0 aliphatic carbocycles. The second-order valence-electron chi connectivity index (χ2n) is 6.75. The molecule has 5 nitrogen and oxygen atoms in total. The highest BCUT2D eigenvalue weighted by atomic mass is 19.1. The van der Waals surface area contributed by atoms with Crippen LogP contribution in [0.5, 0.6) is 0 Å². The van der Waals surface area contributed by atoms with Gasteiger partial charge in [0.2, 0.25) is 5.95 Å². The first-order valence-corrected chi connectivity index (χ1v) is 9.11. The lowest BCUT2D eigenvalue weighted by atomic mass is 10.1. The smallest absolute Gasteiger partial charge is 0.266 e. The van der Waals surface area contributed by atoms with E-state index in [0.29, 0.717) is 17.0 Å². The van der Waals surface area contributed by atoms with E-state index in [4.69, 9.17) is 0 Å². The molecule has 1 aromatic heterocycles. The molecule has 3 aromatic rings. The first kappa shape index (κ1) is 17.2. The van der Waals surface area contributed by atoms with Crippen molar-refractivity contribution in [3.05, 3.63) is 69.8 Å². The summed E-state index contributed by atoms with van der Waals surface area (Å²) in [6.07, 6.45) is 3.22. The average molecular weight is 362 g/mol. The molecule has 0 unspecified atom stereocenters. The number of hydrogen-bond donors (Lipinski definition) is 0. The predicted molar refractivity (Wildman–Crippen MR) is 102 cm³/mol. The SMILES string of the molecule is N#Cc1ccccc1Cn1c(N2CCCCC2)nc2cccc(F)c2c1=O. The molecule has 4 rings (SSSR count). The van der Waals surface area contributed by atoms with E-state index >= 15 is 0 Å². The summed E-state index contributed by atoms with van der Waals surface area (Å²) in [5.41, 5.74) is 1.18. The number of nitrogens with zero attached hydrogens (tertiary/aromatic N) is 4. The van der Waals surface area contributed by atoms with Crippen LogP contribution >= 0.6 is 0 Å². The van der Waals surface area contributed by atoms with Crippen LogP contribution in [0.25, 0.3) is 10.9 Å². The van der Waals surface area contributed by atoms with Gasteiger partial charge in [-0.15, -0.1) is 0 Å². The fourth-order valence-electron chi connectivity index (χ4n) is 3.63. The third-order valence-electron chi connectivity index (χ3n) is 5.02. The molecule has 0 amide bonds. The standard InChI is InChI=1S/C21H19FN4O/c22-17-9-6-10-18-19(17)20(27)26(14-16-8-3-2-7-15(16)13-23)21(24-18)25-11-4-1-5-12-25/h2-3,6-10H,1,4-5,11-12,14H2. The molecular weight excluding hydrogens is 343 g/mol. The Morgan fingerprint density at radius 3 is 2.63 bits per heavy atom. The van der Waals surface area contributed by atoms with Gasteiger partial charge in [0.05, 0.1) is 23.7 Å². The molecule has 1 saturated heterocycles. The Hall–Kier alpha value is -3.20. The van der Waals surface area contributed by atoms with Gasteiger partial charge in [0, 0.05) is 13.1 Å². The molecule has 6 heteroatoms. The maximum atomic E-state index is 14.4. The molecule has 0 N–H and O–H groups in total. The predicted octanol–water partition coefficient (Wildman–Crippen LogP) is 3.45. The second kappa shape index (κ2) is 7.20. The molecule has 0 atom stereocenters. The Kier molecular flexibility index (Phi) is 4.59. The summed E-state index contributed by atoms with van der Waals surface area (Å²) in [6, 6.07) is 13.8. The molecule has 136 valence electrons. The van der Waals surface area contributed by atoms with Gasteiger partial charge < -0.3 is 4.90 Å². The monoisotopic (exact) mass is 362 g/mol. The fraction of sp³-hybridized carbons (Fsp3) is 0.286. The van der Waals surface area contributed by atoms with Crippen LogP contribution in [0.3, 0.4) is 0 Å². The molecule has 1 fully saturated rings. The van der Waals surface area contributed by atoms with Crippen molar-refractivity contribution < 1.29 is 4.39 Å². The molecule has 2 heterocycles. The minimum Gasteiger partial charge on any atom is -0.342 e. The largest absolute Gasteiger partial charge is 0.342 e. The van der Waals surface area contributed by atoms with Crippen LogP contribution in [0.4, 0.5) is 10.3 Å². The van der Waals surface area contributed by atoms with E-state index in [0.717, 1.165) is 37.9 Å². The first-order valence-electron chi connectivity index (χ1n) is 9.11. The Labute approximate surface area is 156 Å². The Morgan fingerprint density at radius 2 is 1.85 bits per heavy atom. The number of piperidine rings is 1. The fourth-order valence-corrected chi connectivity index (χ4v) is 3.63. The topological polar surface area (TPSA) is 61.9 Å². The number of nitriles is 1. The number of fused-ring (bicyclic) bond motifs is 1. The van der Waals surface area contributed by atoms with E-state index in [9.17, 15) is 14.4 Å². The van der Waals surface area contributed by atoms with E-state index in [2.05, 4.69) is 16.0 Å². The minimum atomic E-state index is -0.572. The van der Waals surface area contributed by atoms with E-state index < -0.39 is 11.4 Å². The van der Waals surface area contributed by atoms with Gasteiger partial charge in [-0.3, -0.25) is 9.36 Å². The van der Waals surface area contributed by atoms with Gasteiger partial charge in [0.25, 0.3) is 5.56 Å². The number of anilines is 1. The first-order chi connectivity index (χ1) is 13.2.